The van der Waals surface area contributed by atoms with E-state index in [1.165, 1.54) is 6.07 Å². The predicted octanol–water partition coefficient (Wildman–Crippen LogP) is 4.69. The van der Waals surface area contributed by atoms with Crippen molar-refractivity contribution in [3.63, 3.8) is 0 Å². The molecule has 0 spiro atoms. The number of amides is 1. The molecule has 174 valence electrons. The molecule has 0 aliphatic carbocycles. The Hall–Kier alpha value is -3.53. The van der Waals surface area contributed by atoms with Gasteiger partial charge in [-0.25, -0.2) is 8.42 Å². The Morgan fingerprint density at radius 3 is 2.24 bits per heavy atom. The summed E-state index contributed by atoms with van der Waals surface area (Å²) in [5.41, 5.74) is 0.0992. The maximum Gasteiger partial charge on any atom is 0.416 e. The highest BCUT2D eigenvalue weighted by molar-refractivity contribution is 7.92. The van der Waals surface area contributed by atoms with Gasteiger partial charge in [-0.1, -0.05) is 36.4 Å². The highest BCUT2D eigenvalue weighted by Gasteiger charge is 2.32. The van der Waals surface area contributed by atoms with Gasteiger partial charge in [-0.15, -0.1) is 0 Å². The number of benzene rings is 3. The standard InChI is InChI=1S/C23H21F3N2O4S/c1-33(30,31)28(20-9-5-8-18(14-20)23(24,25)26)15-22(29)27-19-10-12-21(13-11-19)32-16-17-6-3-2-4-7-17/h2-14H,15-16H2,1H3,(H,27,29). The van der Waals surface area contributed by atoms with Crippen LogP contribution in [0.3, 0.4) is 0 Å². The van der Waals surface area contributed by atoms with Crippen molar-refractivity contribution in [3.05, 3.63) is 90.0 Å². The molecule has 0 radical (unpaired) electrons. The quantitative estimate of drug-likeness (QED) is 0.510. The Morgan fingerprint density at radius 1 is 0.970 bits per heavy atom. The van der Waals surface area contributed by atoms with E-state index >= 15 is 0 Å². The first-order chi connectivity index (χ1) is 15.5. The van der Waals surface area contributed by atoms with Gasteiger partial charge in [0, 0.05) is 5.69 Å². The largest absolute Gasteiger partial charge is 0.489 e. The molecule has 1 amide bonds. The third kappa shape index (κ3) is 6.98. The fourth-order valence-corrected chi connectivity index (χ4v) is 3.79. The second-order valence-electron chi connectivity index (χ2n) is 7.16. The number of carbonyl (C=O) groups is 1. The average Bonchev–Trinajstić information content (AvgIpc) is 2.76. The molecular weight excluding hydrogens is 457 g/mol. The van der Waals surface area contributed by atoms with Crippen molar-refractivity contribution in [3.8, 4) is 5.75 Å². The summed E-state index contributed by atoms with van der Waals surface area (Å²) in [5, 5.41) is 2.54. The summed E-state index contributed by atoms with van der Waals surface area (Å²) in [6.07, 6.45) is -3.83. The first-order valence-electron chi connectivity index (χ1n) is 9.74. The van der Waals surface area contributed by atoms with Gasteiger partial charge < -0.3 is 10.1 Å². The van der Waals surface area contributed by atoms with Crippen molar-refractivity contribution in [1.82, 2.24) is 0 Å². The van der Waals surface area contributed by atoms with Gasteiger partial charge in [0.2, 0.25) is 15.9 Å². The molecule has 0 aliphatic heterocycles. The Kier molecular flexibility index (Phi) is 7.27. The van der Waals surface area contributed by atoms with E-state index in [-0.39, 0.29) is 5.69 Å². The van der Waals surface area contributed by atoms with Crippen LogP contribution in [-0.4, -0.2) is 27.1 Å². The fourth-order valence-electron chi connectivity index (χ4n) is 2.94. The minimum atomic E-state index is -4.65. The number of ether oxygens (including phenoxy) is 1. The van der Waals surface area contributed by atoms with Crippen molar-refractivity contribution in [1.29, 1.82) is 0 Å². The Bertz CT molecular complexity index is 1200. The van der Waals surface area contributed by atoms with Gasteiger partial charge in [-0.2, -0.15) is 13.2 Å². The summed E-state index contributed by atoms with van der Waals surface area (Å²) in [6, 6.07) is 19.8. The maximum atomic E-state index is 13.0. The van der Waals surface area contributed by atoms with Crippen molar-refractivity contribution < 1.29 is 31.1 Å². The van der Waals surface area contributed by atoms with Crippen LogP contribution < -0.4 is 14.4 Å². The van der Waals surface area contributed by atoms with E-state index in [9.17, 15) is 26.4 Å². The lowest BCUT2D eigenvalue weighted by Gasteiger charge is -2.22. The molecule has 0 bridgehead atoms. The zero-order valence-corrected chi connectivity index (χ0v) is 18.4. The normalized spacial score (nSPS) is 11.6. The van der Waals surface area contributed by atoms with Crippen molar-refractivity contribution in [2.75, 3.05) is 22.4 Å². The number of rotatable bonds is 8. The molecule has 3 aromatic rings. The van der Waals surface area contributed by atoms with Crippen LogP contribution in [0.2, 0.25) is 0 Å². The molecule has 0 heterocycles. The van der Waals surface area contributed by atoms with Gasteiger partial charge in [0.25, 0.3) is 0 Å². The monoisotopic (exact) mass is 478 g/mol. The van der Waals surface area contributed by atoms with Gasteiger partial charge in [0.1, 0.15) is 18.9 Å². The van der Waals surface area contributed by atoms with Crippen molar-refractivity contribution in [2.45, 2.75) is 12.8 Å². The Labute approximate surface area is 189 Å². The third-order valence-electron chi connectivity index (χ3n) is 4.54. The van der Waals surface area contributed by atoms with Gasteiger partial charge >= 0.3 is 6.18 Å². The molecule has 0 saturated carbocycles. The molecule has 33 heavy (non-hydrogen) atoms. The van der Waals surface area contributed by atoms with Gasteiger partial charge in [0.15, 0.2) is 0 Å². The van der Waals surface area contributed by atoms with Gasteiger partial charge in [-0.05, 0) is 48.0 Å². The lowest BCUT2D eigenvalue weighted by Crippen LogP contribution is -2.37. The van der Waals surface area contributed by atoms with Gasteiger partial charge in [-0.3, -0.25) is 9.10 Å². The molecule has 0 fully saturated rings. The maximum absolute atomic E-state index is 13.0. The molecule has 0 unspecified atom stereocenters. The molecule has 1 N–H and O–H groups in total. The van der Waals surface area contributed by atoms with Crippen molar-refractivity contribution >= 4 is 27.3 Å². The molecule has 0 saturated heterocycles. The summed E-state index contributed by atoms with van der Waals surface area (Å²) in [5.74, 6) is -0.144. The van der Waals surface area contributed by atoms with E-state index < -0.39 is 34.2 Å². The second-order valence-corrected chi connectivity index (χ2v) is 9.07. The molecule has 6 nitrogen and oxygen atoms in total. The number of sulfonamides is 1. The summed E-state index contributed by atoms with van der Waals surface area (Å²) in [7, 11) is -4.02. The number of nitrogens with one attached hydrogen (secondary N) is 1. The van der Waals surface area contributed by atoms with Gasteiger partial charge in [0.05, 0.1) is 17.5 Å². The minimum Gasteiger partial charge on any atom is -0.489 e. The number of halogens is 3. The zero-order valence-electron chi connectivity index (χ0n) is 17.5. The number of anilines is 2. The highest BCUT2D eigenvalue weighted by atomic mass is 32.2. The zero-order chi connectivity index (χ0) is 24.1. The van der Waals surface area contributed by atoms with E-state index in [1.807, 2.05) is 30.3 Å². The van der Waals surface area contributed by atoms with E-state index in [0.717, 1.165) is 24.0 Å². The molecule has 0 atom stereocenters. The fraction of sp³-hybridized carbons (Fsp3) is 0.174. The Morgan fingerprint density at radius 2 is 1.64 bits per heavy atom. The van der Waals surface area contributed by atoms with Crippen LogP contribution in [0.15, 0.2) is 78.9 Å². The van der Waals surface area contributed by atoms with Crippen LogP contribution in [0.25, 0.3) is 0 Å². The molecule has 3 aromatic carbocycles. The van der Waals surface area contributed by atoms with Crippen molar-refractivity contribution in [2.24, 2.45) is 0 Å². The first-order valence-corrected chi connectivity index (χ1v) is 11.6. The van der Waals surface area contributed by atoms with Crippen LogP contribution in [0.5, 0.6) is 5.75 Å². The Balaban J connectivity index is 1.66. The number of alkyl halides is 3. The van der Waals surface area contributed by atoms with E-state index in [0.29, 0.717) is 28.4 Å². The topological polar surface area (TPSA) is 75.7 Å². The smallest absolute Gasteiger partial charge is 0.416 e. The highest BCUT2D eigenvalue weighted by Crippen LogP contribution is 2.32. The summed E-state index contributed by atoms with van der Waals surface area (Å²) < 4.78 is 69.6. The van der Waals surface area contributed by atoms with Crippen LogP contribution in [-0.2, 0) is 27.6 Å². The lowest BCUT2D eigenvalue weighted by atomic mass is 10.2. The van der Waals surface area contributed by atoms with Crippen LogP contribution in [0, 0.1) is 0 Å². The van der Waals surface area contributed by atoms with Crippen LogP contribution in [0.1, 0.15) is 11.1 Å². The molecule has 0 aliphatic rings. The number of nitrogens with zero attached hydrogens (tertiary/aromatic N) is 1. The van der Waals surface area contributed by atoms with Crippen LogP contribution >= 0.6 is 0 Å². The predicted molar refractivity (Wildman–Crippen MR) is 119 cm³/mol. The second kappa shape index (κ2) is 9.95. The summed E-state index contributed by atoms with van der Waals surface area (Å²) >= 11 is 0. The number of hydrogen-bond acceptors (Lipinski definition) is 4. The molecule has 10 heteroatoms. The summed E-state index contributed by atoms with van der Waals surface area (Å²) in [6.45, 7) is -0.320. The molecule has 0 aromatic heterocycles. The van der Waals surface area contributed by atoms with Crippen LogP contribution in [0.4, 0.5) is 24.5 Å². The van der Waals surface area contributed by atoms with E-state index in [2.05, 4.69) is 5.32 Å². The third-order valence-corrected chi connectivity index (χ3v) is 5.68. The first kappa shape index (κ1) is 24.1. The minimum absolute atomic E-state index is 0.257. The van der Waals surface area contributed by atoms with E-state index in [4.69, 9.17) is 4.74 Å². The number of hydrogen-bond donors (Lipinski definition) is 1. The number of carbonyl (C=O) groups excluding carboxylic acids is 1. The summed E-state index contributed by atoms with van der Waals surface area (Å²) in [4.78, 5) is 12.4. The lowest BCUT2D eigenvalue weighted by molar-refractivity contribution is -0.137. The molecular formula is C23H21F3N2O4S. The SMILES string of the molecule is CS(=O)(=O)N(CC(=O)Nc1ccc(OCc2ccccc2)cc1)c1cccc(C(F)(F)F)c1. The van der Waals surface area contributed by atoms with E-state index in [1.54, 1.807) is 24.3 Å². The molecule has 3 rings (SSSR count). The average molecular weight is 478 g/mol.